The van der Waals surface area contributed by atoms with Gasteiger partial charge in [-0.25, -0.2) is 29.5 Å². The Labute approximate surface area is 131 Å². The smallest absolute Gasteiger partial charge is 0.360 e. The zero-order chi connectivity index (χ0) is 17.6. The van der Waals surface area contributed by atoms with Gasteiger partial charge in [0.2, 0.25) is 0 Å². The minimum atomic E-state index is -1.15. The summed E-state index contributed by atoms with van der Waals surface area (Å²) in [6.07, 6.45) is 2.91. The number of anilines is 2. The van der Waals surface area contributed by atoms with E-state index in [0.717, 1.165) is 0 Å². The zero-order valence-electron chi connectivity index (χ0n) is 12.8. The Hall–Kier alpha value is -3.30. The van der Waals surface area contributed by atoms with Crippen LogP contribution in [0.5, 0.6) is 0 Å². The van der Waals surface area contributed by atoms with Gasteiger partial charge in [0.25, 0.3) is 0 Å². The lowest BCUT2D eigenvalue weighted by atomic mass is 10.4. The predicted octanol–water partition coefficient (Wildman–Crippen LogP) is 0.219. The molecule has 0 spiro atoms. The first-order valence-corrected chi connectivity index (χ1v) is 6.26. The highest BCUT2D eigenvalue weighted by atomic mass is 16.5. The van der Waals surface area contributed by atoms with Crippen molar-refractivity contribution in [2.75, 3.05) is 18.6 Å². The van der Waals surface area contributed by atoms with Crippen molar-refractivity contribution < 1.29 is 19.4 Å². The number of hydrogen-bond acceptors (Lipinski definition) is 9. The van der Waals surface area contributed by atoms with Crippen molar-refractivity contribution in [1.82, 2.24) is 19.9 Å². The van der Waals surface area contributed by atoms with E-state index in [1.165, 1.54) is 19.5 Å². The molecular formula is C13H16N6O4. The number of carbonyl (C=O) groups excluding carboxylic acids is 1. The van der Waals surface area contributed by atoms with Crippen LogP contribution in [0.2, 0.25) is 0 Å². The molecule has 0 saturated heterocycles. The number of esters is 1. The van der Waals surface area contributed by atoms with Gasteiger partial charge in [-0.1, -0.05) is 0 Å². The third-order valence-electron chi connectivity index (χ3n) is 2.42. The number of hydrogen-bond donors (Lipinski definition) is 3. The van der Waals surface area contributed by atoms with Crippen LogP contribution in [0.25, 0.3) is 0 Å². The summed E-state index contributed by atoms with van der Waals surface area (Å²) in [5, 5.41) is 8.51. The van der Waals surface area contributed by atoms with Crippen LogP contribution in [0, 0.1) is 13.8 Å². The van der Waals surface area contributed by atoms with Gasteiger partial charge in [0.05, 0.1) is 30.9 Å². The first kappa shape index (κ1) is 17.8. The van der Waals surface area contributed by atoms with E-state index in [0.29, 0.717) is 11.4 Å². The maximum atomic E-state index is 11.0. The number of nitrogens with two attached hydrogens (primary N) is 2. The largest absolute Gasteiger partial charge is 0.476 e. The molecule has 2 aromatic rings. The summed E-state index contributed by atoms with van der Waals surface area (Å²) in [4.78, 5) is 36.3. The highest BCUT2D eigenvalue weighted by Crippen LogP contribution is 2.06. The number of aromatic nitrogens is 4. The molecule has 0 unspecified atom stereocenters. The van der Waals surface area contributed by atoms with Crippen molar-refractivity contribution >= 4 is 23.6 Å². The van der Waals surface area contributed by atoms with Gasteiger partial charge in [-0.3, -0.25) is 0 Å². The van der Waals surface area contributed by atoms with E-state index in [1.54, 1.807) is 13.8 Å². The molecule has 0 aliphatic rings. The summed E-state index contributed by atoms with van der Waals surface area (Å²) in [5.41, 5.74) is 11.7. The molecule has 10 heteroatoms. The Morgan fingerprint density at radius 1 is 1.00 bits per heavy atom. The van der Waals surface area contributed by atoms with Crippen molar-refractivity contribution in [2.24, 2.45) is 0 Å². The molecular weight excluding hydrogens is 304 g/mol. The molecule has 2 heterocycles. The van der Waals surface area contributed by atoms with Gasteiger partial charge in [0.1, 0.15) is 0 Å². The van der Waals surface area contributed by atoms with E-state index in [-0.39, 0.29) is 23.0 Å². The van der Waals surface area contributed by atoms with Gasteiger partial charge in [0.15, 0.2) is 23.0 Å². The van der Waals surface area contributed by atoms with Gasteiger partial charge in [-0.2, -0.15) is 0 Å². The fourth-order valence-corrected chi connectivity index (χ4v) is 1.38. The fraction of sp³-hybridized carbons (Fsp3) is 0.231. The summed E-state index contributed by atoms with van der Waals surface area (Å²) in [7, 11) is 1.27. The first-order chi connectivity index (χ1) is 10.8. The van der Waals surface area contributed by atoms with Crippen LogP contribution in [0.15, 0.2) is 12.4 Å². The predicted molar refractivity (Wildman–Crippen MR) is 80.7 cm³/mol. The Morgan fingerprint density at radius 3 is 1.83 bits per heavy atom. The Balaban J connectivity index is 0.000000231. The molecule has 0 aliphatic heterocycles. The number of carboxylic acid groups (broad SMARTS) is 1. The molecule has 0 atom stereocenters. The van der Waals surface area contributed by atoms with Gasteiger partial charge in [0, 0.05) is 0 Å². The van der Waals surface area contributed by atoms with E-state index in [1.807, 2.05) is 0 Å². The van der Waals surface area contributed by atoms with Gasteiger partial charge >= 0.3 is 11.9 Å². The number of ether oxygens (including phenoxy) is 1. The quantitative estimate of drug-likeness (QED) is 0.651. The molecule has 0 bridgehead atoms. The van der Waals surface area contributed by atoms with Crippen LogP contribution < -0.4 is 11.5 Å². The van der Waals surface area contributed by atoms with Crippen molar-refractivity contribution in [3.8, 4) is 0 Å². The van der Waals surface area contributed by atoms with Crippen LogP contribution in [-0.4, -0.2) is 44.1 Å². The number of nitrogen functional groups attached to an aromatic ring is 2. The summed E-state index contributed by atoms with van der Waals surface area (Å²) in [5.74, 6) is -1.68. The average Bonchev–Trinajstić information content (AvgIpc) is 2.51. The average molecular weight is 320 g/mol. The summed E-state index contributed by atoms with van der Waals surface area (Å²) < 4.78 is 4.45. The third-order valence-corrected chi connectivity index (χ3v) is 2.42. The highest BCUT2D eigenvalue weighted by Gasteiger charge is 2.12. The van der Waals surface area contributed by atoms with E-state index in [9.17, 15) is 9.59 Å². The van der Waals surface area contributed by atoms with E-state index in [4.69, 9.17) is 16.6 Å². The Morgan fingerprint density at radius 2 is 1.43 bits per heavy atom. The molecule has 0 radical (unpaired) electrons. The van der Waals surface area contributed by atoms with E-state index >= 15 is 0 Å². The number of nitrogens with zero attached hydrogens (tertiary/aromatic N) is 4. The lowest BCUT2D eigenvalue weighted by Gasteiger charge is -2.01. The lowest BCUT2D eigenvalue weighted by Crippen LogP contribution is -2.10. The van der Waals surface area contributed by atoms with Gasteiger partial charge in [-0.05, 0) is 13.8 Å². The Kier molecular flexibility index (Phi) is 5.89. The number of aryl methyl sites for hydroxylation is 2. The van der Waals surface area contributed by atoms with Crippen LogP contribution in [-0.2, 0) is 4.74 Å². The van der Waals surface area contributed by atoms with Crippen molar-refractivity contribution in [3.05, 3.63) is 35.2 Å². The number of carbonyl (C=O) groups is 2. The van der Waals surface area contributed by atoms with E-state index < -0.39 is 11.9 Å². The maximum absolute atomic E-state index is 11.0. The molecule has 0 aliphatic carbocycles. The lowest BCUT2D eigenvalue weighted by molar-refractivity contribution is 0.0593. The molecule has 2 aromatic heterocycles. The van der Waals surface area contributed by atoms with Crippen molar-refractivity contribution in [2.45, 2.75) is 13.8 Å². The van der Waals surface area contributed by atoms with Crippen LogP contribution in [0.4, 0.5) is 11.6 Å². The van der Waals surface area contributed by atoms with Crippen LogP contribution >= 0.6 is 0 Å². The summed E-state index contributed by atoms with van der Waals surface area (Å²) in [6, 6.07) is 0. The molecule has 0 saturated carbocycles. The molecule has 10 nitrogen and oxygen atoms in total. The second-order valence-electron chi connectivity index (χ2n) is 4.29. The minimum Gasteiger partial charge on any atom is -0.476 e. The normalized spacial score (nSPS) is 9.52. The maximum Gasteiger partial charge on any atom is 0.360 e. The number of aromatic carboxylic acids is 1. The van der Waals surface area contributed by atoms with Gasteiger partial charge in [-0.15, -0.1) is 0 Å². The molecule has 0 aromatic carbocycles. The molecule has 23 heavy (non-hydrogen) atoms. The molecule has 122 valence electrons. The van der Waals surface area contributed by atoms with Crippen LogP contribution in [0.3, 0.4) is 0 Å². The van der Waals surface area contributed by atoms with Gasteiger partial charge < -0.3 is 21.3 Å². The monoisotopic (exact) mass is 320 g/mol. The van der Waals surface area contributed by atoms with Crippen molar-refractivity contribution in [1.29, 1.82) is 0 Å². The molecule has 0 amide bonds. The summed E-state index contributed by atoms with van der Waals surface area (Å²) in [6.45, 7) is 3.37. The molecule has 5 N–H and O–H groups in total. The van der Waals surface area contributed by atoms with E-state index in [2.05, 4.69) is 24.7 Å². The SMILES string of the molecule is COC(=O)c1nc(C)cnc1N.Cc1cnc(N)c(C(=O)O)n1. The summed E-state index contributed by atoms with van der Waals surface area (Å²) >= 11 is 0. The second-order valence-corrected chi connectivity index (χ2v) is 4.29. The fourth-order valence-electron chi connectivity index (χ4n) is 1.38. The number of carboxylic acids is 1. The minimum absolute atomic E-state index is 0.0527. The molecule has 0 fully saturated rings. The number of rotatable bonds is 2. The van der Waals surface area contributed by atoms with Crippen LogP contribution in [0.1, 0.15) is 32.4 Å². The van der Waals surface area contributed by atoms with Crippen molar-refractivity contribution in [3.63, 3.8) is 0 Å². The second kappa shape index (κ2) is 7.64. The topological polar surface area (TPSA) is 167 Å². The zero-order valence-corrected chi connectivity index (χ0v) is 12.8. The standard InChI is InChI=1S/C7H9N3O2.C6H7N3O2/c1-4-3-9-6(8)5(10-4)7(11)12-2;1-3-2-8-5(7)4(9-3)6(10)11/h3H,1-2H3,(H2,8,9);2H,1H3,(H2,7,8)(H,10,11). The first-order valence-electron chi connectivity index (χ1n) is 6.26. The number of methoxy groups -OCH3 is 1. The third kappa shape index (κ3) is 4.88. The highest BCUT2D eigenvalue weighted by molar-refractivity contribution is 5.91. The Bertz CT molecular complexity index is 734. The molecule has 2 rings (SSSR count).